The van der Waals surface area contributed by atoms with Crippen molar-refractivity contribution in [1.29, 1.82) is 0 Å². The maximum Gasteiger partial charge on any atom is 0.329 e. The van der Waals surface area contributed by atoms with E-state index in [4.69, 9.17) is 4.74 Å². The third-order valence-corrected chi connectivity index (χ3v) is 5.62. The van der Waals surface area contributed by atoms with E-state index in [1.54, 1.807) is 4.57 Å². The summed E-state index contributed by atoms with van der Waals surface area (Å²) in [7, 11) is 0. The second-order valence-electron chi connectivity index (χ2n) is 6.74. The zero-order chi connectivity index (χ0) is 16.9. The molecule has 0 spiro atoms. The summed E-state index contributed by atoms with van der Waals surface area (Å²) in [4.78, 5) is 29.1. The van der Waals surface area contributed by atoms with E-state index in [2.05, 4.69) is 4.98 Å². The number of nitrogens with zero attached hydrogens (tertiary/aromatic N) is 1. The van der Waals surface area contributed by atoms with Gasteiger partial charge in [0.1, 0.15) is 4.83 Å². The summed E-state index contributed by atoms with van der Waals surface area (Å²) in [5, 5.41) is 0.641. The predicted octanol–water partition coefficient (Wildman–Crippen LogP) is 2.65. The number of hydrogen-bond acceptors (Lipinski definition) is 4. The van der Waals surface area contributed by atoms with Crippen molar-refractivity contribution in [1.82, 2.24) is 9.55 Å². The Balaban J connectivity index is 1.94. The molecular weight excluding hydrogens is 324 g/mol. The van der Waals surface area contributed by atoms with Crippen molar-refractivity contribution in [3.8, 4) is 0 Å². The number of aromatic amines is 1. The molecule has 1 aliphatic rings. The normalized spacial score (nSPS) is 16.2. The van der Waals surface area contributed by atoms with Crippen LogP contribution in [0.3, 0.4) is 0 Å². The lowest BCUT2D eigenvalue weighted by atomic mass is 9.94. The van der Waals surface area contributed by atoms with Gasteiger partial charge in [0, 0.05) is 11.3 Å². The molecule has 1 aromatic carbocycles. The van der Waals surface area contributed by atoms with Crippen LogP contribution in [-0.4, -0.2) is 15.2 Å². The van der Waals surface area contributed by atoms with Gasteiger partial charge in [-0.1, -0.05) is 30.3 Å². The second-order valence-corrected chi connectivity index (χ2v) is 7.82. The van der Waals surface area contributed by atoms with Crippen molar-refractivity contribution < 1.29 is 4.74 Å². The van der Waals surface area contributed by atoms with E-state index in [9.17, 15) is 9.59 Å². The molecule has 1 N–H and O–H groups in total. The van der Waals surface area contributed by atoms with Crippen molar-refractivity contribution >= 4 is 21.6 Å². The van der Waals surface area contributed by atoms with Crippen LogP contribution < -0.4 is 11.2 Å². The molecule has 5 nitrogen and oxygen atoms in total. The van der Waals surface area contributed by atoms with Crippen LogP contribution in [0, 0.1) is 0 Å². The van der Waals surface area contributed by atoms with E-state index in [1.165, 1.54) is 11.3 Å². The fourth-order valence-electron chi connectivity index (χ4n) is 3.19. The van der Waals surface area contributed by atoms with E-state index in [0.29, 0.717) is 25.0 Å². The number of hydrogen-bond donors (Lipinski definition) is 1. The monoisotopic (exact) mass is 342 g/mol. The molecule has 3 heterocycles. The van der Waals surface area contributed by atoms with Crippen molar-refractivity contribution in [3.05, 3.63) is 67.2 Å². The molecule has 0 saturated carbocycles. The molecule has 0 aliphatic carbocycles. The number of aromatic nitrogens is 2. The highest BCUT2D eigenvalue weighted by molar-refractivity contribution is 7.18. The summed E-state index contributed by atoms with van der Waals surface area (Å²) >= 11 is 1.49. The Bertz CT molecular complexity index is 1030. The van der Waals surface area contributed by atoms with Gasteiger partial charge in [-0.05, 0) is 25.0 Å². The molecule has 2 aromatic heterocycles. The standard InChI is InChI=1S/C18H18N2O3S/c1-18(2)8-12-13(10-23-18)24-16-14(12)15(21)19-17(22)20(16)9-11-6-4-3-5-7-11/h3-7H,8-10H2,1-2H3,(H,19,21,22). The summed E-state index contributed by atoms with van der Waals surface area (Å²) in [6.07, 6.45) is 0.676. The highest BCUT2D eigenvalue weighted by Crippen LogP contribution is 2.37. The van der Waals surface area contributed by atoms with E-state index < -0.39 is 0 Å². The molecule has 124 valence electrons. The Morgan fingerprint density at radius 3 is 2.75 bits per heavy atom. The highest BCUT2D eigenvalue weighted by Gasteiger charge is 2.31. The number of H-pyrrole nitrogens is 1. The summed E-state index contributed by atoms with van der Waals surface area (Å²) in [5.74, 6) is 0. The molecular formula is C18H18N2O3S. The van der Waals surface area contributed by atoms with Gasteiger partial charge in [0.15, 0.2) is 0 Å². The van der Waals surface area contributed by atoms with E-state index >= 15 is 0 Å². The molecule has 3 aromatic rings. The van der Waals surface area contributed by atoms with Crippen molar-refractivity contribution in [2.24, 2.45) is 0 Å². The van der Waals surface area contributed by atoms with Gasteiger partial charge in [-0.15, -0.1) is 11.3 Å². The molecule has 1 aliphatic heterocycles. The first-order valence-corrected chi connectivity index (χ1v) is 8.71. The fraction of sp³-hybridized carbons (Fsp3) is 0.333. The first-order valence-electron chi connectivity index (χ1n) is 7.90. The van der Waals surface area contributed by atoms with Crippen LogP contribution in [0.2, 0.25) is 0 Å². The molecule has 0 atom stereocenters. The van der Waals surface area contributed by atoms with Gasteiger partial charge < -0.3 is 4.74 Å². The molecule has 0 bridgehead atoms. The minimum atomic E-state index is -0.366. The van der Waals surface area contributed by atoms with Crippen LogP contribution in [-0.2, 0) is 24.3 Å². The fourth-order valence-corrected chi connectivity index (χ4v) is 4.42. The molecule has 0 saturated heterocycles. The molecule has 0 radical (unpaired) electrons. The van der Waals surface area contributed by atoms with Crippen LogP contribution in [0.5, 0.6) is 0 Å². The maximum atomic E-state index is 12.4. The Hall–Kier alpha value is -2.18. The Kier molecular flexibility index (Phi) is 3.47. The SMILES string of the molecule is CC1(C)Cc2c(sc3c2c(=O)[nH]c(=O)n3Cc2ccccc2)CO1. The van der Waals surface area contributed by atoms with Gasteiger partial charge in [-0.3, -0.25) is 14.3 Å². The molecule has 24 heavy (non-hydrogen) atoms. The Morgan fingerprint density at radius 1 is 1.25 bits per heavy atom. The minimum Gasteiger partial charge on any atom is -0.370 e. The van der Waals surface area contributed by atoms with Crippen LogP contribution >= 0.6 is 11.3 Å². The Morgan fingerprint density at radius 2 is 2.00 bits per heavy atom. The van der Waals surface area contributed by atoms with Gasteiger partial charge >= 0.3 is 5.69 Å². The highest BCUT2D eigenvalue weighted by atomic mass is 32.1. The number of thiophene rings is 1. The summed E-state index contributed by atoms with van der Waals surface area (Å²) in [5.41, 5.74) is 1.09. The van der Waals surface area contributed by atoms with Crippen molar-refractivity contribution in [2.45, 2.75) is 39.0 Å². The average Bonchev–Trinajstić information content (AvgIpc) is 2.90. The number of benzene rings is 1. The Labute approximate surface area is 142 Å². The third-order valence-electron chi connectivity index (χ3n) is 4.39. The van der Waals surface area contributed by atoms with E-state index in [0.717, 1.165) is 20.8 Å². The first-order chi connectivity index (χ1) is 11.4. The molecule has 0 fully saturated rings. The summed E-state index contributed by atoms with van der Waals surface area (Å²) < 4.78 is 7.52. The first kappa shape index (κ1) is 15.4. The van der Waals surface area contributed by atoms with Crippen LogP contribution in [0.1, 0.15) is 29.9 Å². The molecule has 0 amide bonds. The molecule has 0 unspecified atom stereocenters. The van der Waals surface area contributed by atoms with Crippen molar-refractivity contribution in [3.63, 3.8) is 0 Å². The summed E-state index contributed by atoms with van der Waals surface area (Å²) in [6.45, 7) is 4.97. The molecule has 6 heteroatoms. The quantitative estimate of drug-likeness (QED) is 0.779. The van der Waals surface area contributed by atoms with Crippen molar-refractivity contribution in [2.75, 3.05) is 0 Å². The van der Waals surface area contributed by atoms with E-state index in [-0.39, 0.29) is 16.9 Å². The largest absolute Gasteiger partial charge is 0.370 e. The van der Waals surface area contributed by atoms with E-state index in [1.807, 2.05) is 44.2 Å². The zero-order valence-corrected chi connectivity index (χ0v) is 14.4. The topological polar surface area (TPSA) is 64.1 Å². The lowest BCUT2D eigenvalue weighted by Gasteiger charge is -2.29. The lowest BCUT2D eigenvalue weighted by molar-refractivity contribution is -0.0379. The van der Waals surface area contributed by atoms with Gasteiger partial charge in [0.2, 0.25) is 0 Å². The van der Waals surface area contributed by atoms with Gasteiger partial charge in [-0.25, -0.2) is 4.79 Å². The summed E-state index contributed by atoms with van der Waals surface area (Å²) in [6, 6.07) is 9.78. The van der Waals surface area contributed by atoms with Gasteiger partial charge in [-0.2, -0.15) is 0 Å². The second kappa shape index (κ2) is 5.43. The van der Waals surface area contributed by atoms with Crippen LogP contribution in [0.25, 0.3) is 10.2 Å². The van der Waals surface area contributed by atoms with Gasteiger partial charge in [0.25, 0.3) is 5.56 Å². The maximum absolute atomic E-state index is 12.4. The van der Waals surface area contributed by atoms with Gasteiger partial charge in [0.05, 0.1) is 24.1 Å². The minimum absolute atomic E-state index is 0.297. The smallest absolute Gasteiger partial charge is 0.329 e. The zero-order valence-electron chi connectivity index (χ0n) is 13.6. The van der Waals surface area contributed by atoms with Crippen LogP contribution in [0.15, 0.2) is 39.9 Å². The predicted molar refractivity (Wildman–Crippen MR) is 94.8 cm³/mol. The lowest BCUT2D eigenvalue weighted by Crippen LogP contribution is -2.33. The third kappa shape index (κ3) is 2.52. The number of ether oxygens (including phenoxy) is 1. The molecule has 4 rings (SSSR count). The number of rotatable bonds is 2. The van der Waals surface area contributed by atoms with Crippen LogP contribution in [0.4, 0.5) is 0 Å². The number of nitrogens with one attached hydrogen (secondary N) is 1. The number of fused-ring (bicyclic) bond motifs is 3. The average molecular weight is 342 g/mol.